The Kier molecular flexibility index (Phi) is 5.16. The van der Waals surface area contributed by atoms with E-state index >= 15 is 0 Å². The molecule has 3 heterocycles. The van der Waals surface area contributed by atoms with Gasteiger partial charge in [0, 0.05) is 31.0 Å². The second-order valence-corrected chi connectivity index (χ2v) is 8.11. The highest BCUT2D eigenvalue weighted by atomic mass is 32.2. The third-order valence-corrected chi connectivity index (χ3v) is 6.12. The first kappa shape index (κ1) is 18.0. The first-order valence-electron chi connectivity index (χ1n) is 9.41. The molecule has 2 aromatic rings. The van der Waals surface area contributed by atoms with Crippen LogP contribution in [0.5, 0.6) is 0 Å². The quantitative estimate of drug-likeness (QED) is 0.762. The summed E-state index contributed by atoms with van der Waals surface area (Å²) in [4.78, 5) is 33.3. The monoisotopic (exact) mass is 381 g/mol. The van der Waals surface area contributed by atoms with E-state index in [1.165, 1.54) is 17.3 Å². The van der Waals surface area contributed by atoms with Crippen LogP contribution in [0.25, 0.3) is 0 Å². The number of rotatable bonds is 4. The van der Waals surface area contributed by atoms with Crippen LogP contribution in [-0.4, -0.2) is 46.6 Å². The van der Waals surface area contributed by atoms with Gasteiger partial charge in [-0.05, 0) is 49.9 Å². The van der Waals surface area contributed by atoms with Gasteiger partial charge in [-0.1, -0.05) is 30.0 Å². The van der Waals surface area contributed by atoms with Gasteiger partial charge in [0.05, 0.1) is 16.3 Å². The number of nitrogens with zero attached hydrogens (tertiary/aromatic N) is 3. The number of aromatic nitrogens is 1. The Morgan fingerprint density at radius 1 is 1.15 bits per heavy atom. The highest BCUT2D eigenvalue weighted by Crippen LogP contribution is 2.32. The van der Waals surface area contributed by atoms with E-state index in [4.69, 9.17) is 0 Å². The first-order valence-corrected chi connectivity index (χ1v) is 10.4. The van der Waals surface area contributed by atoms with Crippen LogP contribution in [0.2, 0.25) is 0 Å². The number of fused-ring (bicyclic) bond motifs is 1. The standard InChI is InChI=1S/C21H23N3O2S/c1-15-12-16-6-2-3-7-18(16)24(15)20(25)14-27-19-9-8-17(13-22-19)21(26)23-10-4-5-11-23/h2-3,6-9,13,15H,4-5,10-12,14H2,1H3. The molecule has 1 saturated heterocycles. The summed E-state index contributed by atoms with van der Waals surface area (Å²) >= 11 is 1.42. The van der Waals surface area contributed by atoms with E-state index in [2.05, 4.69) is 18.0 Å². The van der Waals surface area contributed by atoms with Crippen molar-refractivity contribution in [1.82, 2.24) is 9.88 Å². The third kappa shape index (κ3) is 3.72. The molecule has 6 heteroatoms. The molecule has 1 atom stereocenters. The second-order valence-electron chi connectivity index (χ2n) is 7.12. The SMILES string of the molecule is CC1Cc2ccccc2N1C(=O)CSc1ccc(C(=O)N2CCCC2)cn1. The lowest BCUT2D eigenvalue weighted by Gasteiger charge is -2.22. The Bertz CT molecular complexity index is 847. The van der Waals surface area contributed by atoms with Gasteiger partial charge in [0.15, 0.2) is 0 Å². The molecular formula is C21H23N3O2S. The fraction of sp³-hybridized carbons (Fsp3) is 0.381. The third-order valence-electron chi connectivity index (χ3n) is 5.20. The van der Waals surface area contributed by atoms with Crippen molar-refractivity contribution in [3.05, 3.63) is 53.7 Å². The Labute approximate surface area is 163 Å². The number of hydrogen-bond donors (Lipinski definition) is 0. The molecule has 5 nitrogen and oxygen atoms in total. The van der Waals surface area contributed by atoms with Crippen molar-refractivity contribution in [3.8, 4) is 0 Å². The normalized spacial score (nSPS) is 18.6. The lowest BCUT2D eigenvalue weighted by Crippen LogP contribution is -2.36. The largest absolute Gasteiger partial charge is 0.339 e. The van der Waals surface area contributed by atoms with Gasteiger partial charge in [-0.25, -0.2) is 4.98 Å². The second kappa shape index (κ2) is 7.72. The van der Waals surface area contributed by atoms with Crippen molar-refractivity contribution >= 4 is 29.3 Å². The van der Waals surface area contributed by atoms with E-state index in [9.17, 15) is 9.59 Å². The molecule has 2 aliphatic rings. The maximum Gasteiger partial charge on any atom is 0.255 e. The molecular weight excluding hydrogens is 358 g/mol. The van der Waals surface area contributed by atoms with E-state index in [-0.39, 0.29) is 17.9 Å². The molecule has 0 N–H and O–H groups in total. The number of benzene rings is 1. The van der Waals surface area contributed by atoms with Gasteiger partial charge in [-0.3, -0.25) is 9.59 Å². The Morgan fingerprint density at radius 3 is 2.67 bits per heavy atom. The number of carbonyl (C=O) groups is 2. The molecule has 1 aromatic heterocycles. The van der Waals surface area contributed by atoms with Crippen LogP contribution in [0.1, 0.15) is 35.7 Å². The Hall–Kier alpha value is -2.34. The van der Waals surface area contributed by atoms with Gasteiger partial charge in [0.1, 0.15) is 0 Å². The molecule has 0 aliphatic carbocycles. The summed E-state index contributed by atoms with van der Waals surface area (Å²) < 4.78 is 0. The topological polar surface area (TPSA) is 53.5 Å². The van der Waals surface area contributed by atoms with Crippen LogP contribution in [0.4, 0.5) is 5.69 Å². The minimum atomic E-state index is 0.0510. The van der Waals surface area contributed by atoms with Gasteiger partial charge in [-0.2, -0.15) is 0 Å². The lowest BCUT2D eigenvalue weighted by atomic mass is 10.1. The van der Waals surface area contributed by atoms with Crippen molar-refractivity contribution in [1.29, 1.82) is 0 Å². The van der Waals surface area contributed by atoms with Crippen molar-refractivity contribution < 1.29 is 9.59 Å². The van der Waals surface area contributed by atoms with Crippen molar-refractivity contribution in [2.45, 2.75) is 37.3 Å². The summed E-state index contributed by atoms with van der Waals surface area (Å²) in [5.74, 6) is 0.483. The molecule has 2 amide bonds. The zero-order valence-corrected chi connectivity index (χ0v) is 16.2. The van der Waals surface area contributed by atoms with Crippen molar-refractivity contribution in [2.75, 3.05) is 23.7 Å². The minimum Gasteiger partial charge on any atom is -0.339 e. The molecule has 0 radical (unpaired) electrons. The fourth-order valence-electron chi connectivity index (χ4n) is 3.85. The van der Waals surface area contributed by atoms with Crippen LogP contribution < -0.4 is 4.90 Å². The van der Waals surface area contributed by atoms with Gasteiger partial charge in [0.2, 0.25) is 5.91 Å². The minimum absolute atomic E-state index is 0.0510. The van der Waals surface area contributed by atoms with Crippen LogP contribution >= 0.6 is 11.8 Å². The number of anilines is 1. The maximum absolute atomic E-state index is 12.8. The predicted molar refractivity (Wildman–Crippen MR) is 107 cm³/mol. The lowest BCUT2D eigenvalue weighted by molar-refractivity contribution is -0.116. The number of thioether (sulfide) groups is 1. The van der Waals surface area contributed by atoms with Crippen LogP contribution in [0, 0.1) is 0 Å². The zero-order valence-electron chi connectivity index (χ0n) is 15.4. The molecule has 1 unspecified atom stereocenters. The molecule has 2 aliphatic heterocycles. The maximum atomic E-state index is 12.8. The summed E-state index contributed by atoms with van der Waals surface area (Å²) in [5, 5.41) is 0.765. The molecule has 1 aromatic carbocycles. The molecule has 4 rings (SSSR count). The number of amides is 2. The van der Waals surface area contributed by atoms with Gasteiger partial charge < -0.3 is 9.80 Å². The Balaban J connectivity index is 1.37. The van der Waals surface area contributed by atoms with Gasteiger partial charge >= 0.3 is 0 Å². The summed E-state index contributed by atoms with van der Waals surface area (Å²) in [6.07, 6.45) is 4.68. The van der Waals surface area contributed by atoms with E-state index in [0.29, 0.717) is 11.3 Å². The number of carbonyl (C=O) groups excluding carboxylic acids is 2. The van der Waals surface area contributed by atoms with E-state index in [0.717, 1.165) is 43.1 Å². The molecule has 0 spiro atoms. The van der Waals surface area contributed by atoms with Crippen LogP contribution in [0.15, 0.2) is 47.6 Å². The molecule has 1 fully saturated rings. The number of hydrogen-bond acceptors (Lipinski definition) is 4. The van der Waals surface area contributed by atoms with Crippen molar-refractivity contribution in [3.63, 3.8) is 0 Å². The van der Waals surface area contributed by atoms with Crippen molar-refractivity contribution in [2.24, 2.45) is 0 Å². The molecule has 140 valence electrons. The van der Waals surface area contributed by atoms with Gasteiger partial charge in [-0.15, -0.1) is 0 Å². The fourth-order valence-corrected chi connectivity index (χ4v) is 4.55. The van der Waals surface area contributed by atoms with E-state index < -0.39 is 0 Å². The van der Waals surface area contributed by atoms with Crippen LogP contribution in [0.3, 0.4) is 0 Å². The highest BCUT2D eigenvalue weighted by molar-refractivity contribution is 7.99. The van der Waals surface area contributed by atoms with E-state index in [1.807, 2.05) is 40.1 Å². The average Bonchev–Trinajstić information content (AvgIpc) is 3.33. The molecule has 0 saturated carbocycles. The Morgan fingerprint density at radius 2 is 1.93 bits per heavy atom. The predicted octanol–water partition coefficient (Wildman–Crippen LogP) is 3.39. The summed E-state index contributed by atoms with van der Waals surface area (Å²) in [6, 6.07) is 11.9. The van der Waals surface area contributed by atoms with Crippen LogP contribution in [-0.2, 0) is 11.2 Å². The highest BCUT2D eigenvalue weighted by Gasteiger charge is 2.30. The number of para-hydroxylation sites is 1. The first-order chi connectivity index (χ1) is 13.1. The average molecular weight is 382 g/mol. The summed E-state index contributed by atoms with van der Waals surface area (Å²) in [6.45, 7) is 3.75. The number of likely N-dealkylation sites (tertiary alicyclic amines) is 1. The molecule has 27 heavy (non-hydrogen) atoms. The molecule has 0 bridgehead atoms. The van der Waals surface area contributed by atoms with E-state index in [1.54, 1.807) is 6.20 Å². The smallest absolute Gasteiger partial charge is 0.255 e. The summed E-state index contributed by atoms with van der Waals surface area (Å²) in [7, 11) is 0. The van der Waals surface area contributed by atoms with Gasteiger partial charge in [0.25, 0.3) is 5.91 Å². The zero-order chi connectivity index (χ0) is 18.8. The number of pyridine rings is 1. The summed E-state index contributed by atoms with van der Waals surface area (Å²) in [5.41, 5.74) is 2.87.